The number of aliphatic hydroxyl groups excluding tert-OH is 2. The first-order valence-corrected chi connectivity index (χ1v) is 3.64. The lowest BCUT2D eigenvalue weighted by molar-refractivity contribution is 0.0304. The molecular weight excluding hydrogens is 130 g/mol. The van der Waals surface area contributed by atoms with Crippen LogP contribution in [0.2, 0.25) is 0 Å². The van der Waals surface area contributed by atoms with Crippen LogP contribution in [0.5, 0.6) is 0 Å². The van der Waals surface area contributed by atoms with E-state index in [1.807, 2.05) is 14.1 Å². The summed E-state index contributed by atoms with van der Waals surface area (Å²) in [4.78, 5) is 1.76. The standard InChI is InChI=1S/C7H17NO2/c1-8(2)7(10)5-3-4-6-9/h7,9-10H,3-6H2,1-2H3. The van der Waals surface area contributed by atoms with Crippen LogP contribution in [0, 0.1) is 0 Å². The molecule has 0 rings (SSSR count). The Bertz CT molecular complexity index is 76.0. The van der Waals surface area contributed by atoms with E-state index in [0.29, 0.717) is 0 Å². The number of rotatable bonds is 5. The zero-order chi connectivity index (χ0) is 7.98. The van der Waals surface area contributed by atoms with Crippen molar-refractivity contribution in [3.63, 3.8) is 0 Å². The molecule has 3 nitrogen and oxygen atoms in total. The van der Waals surface area contributed by atoms with Crippen molar-refractivity contribution in [2.75, 3.05) is 20.7 Å². The Balaban J connectivity index is 3.13. The summed E-state index contributed by atoms with van der Waals surface area (Å²) in [6.07, 6.45) is 2.06. The van der Waals surface area contributed by atoms with Gasteiger partial charge < -0.3 is 10.2 Å². The first kappa shape index (κ1) is 9.88. The van der Waals surface area contributed by atoms with Crippen LogP contribution in [0.1, 0.15) is 19.3 Å². The molecule has 10 heavy (non-hydrogen) atoms. The van der Waals surface area contributed by atoms with Gasteiger partial charge in [-0.1, -0.05) is 0 Å². The maximum Gasteiger partial charge on any atom is 0.106 e. The second-order valence-electron chi connectivity index (χ2n) is 2.66. The second kappa shape index (κ2) is 5.65. The van der Waals surface area contributed by atoms with E-state index in [1.54, 1.807) is 4.90 Å². The predicted molar refractivity (Wildman–Crippen MR) is 40.6 cm³/mol. The van der Waals surface area contributed by atoms with Crippen LogP contribution < -0.4 is 0 Å². The number of nitrogens with zero attached hydrogens (tertiary/aromatic N) is 1. The molecule has 0 heterocycles. The zero-order valence-corrected chi connectivity index (χ0v) is 6.75. The lowest BCUT2D eigenvalue weighted by Gasteiger charge is -2.17. The quantitative estimate of drug-likeness (QED) is 0.426. The highest BCUT2D eigenvalue weighted by Gasteiger charge is 2.03. The Morgan fingerprint density at radius 3 is 2.30 bits per heavy atom. The summed E-state index contributed by atoms with van der Waals surface area (Å²) in [6, 6.07) is 0. The fourth-order valence-electron chi connectivity index (χ4n) is 0.697. The normalized spacial score (nSPS) is 14.1. The molecule has 0 aromatic rings. The molecule has 0 radical (unpaired) electrons. The summed E-state index contributed by atoms with van der Waals surface area (Å²) >= 11 is 0. The van der Waals surface area contributed by atoms with Crippen molar-refractivity contribution < 1.29 is 10.2 Å². The summed E-state index contributed by atoms with van der Waals surface area (Å²) in [5.74, 6) is 0. The lowest BCUT2D eigenvalue weighted by atomic mass is 10.2. The van der Waals surface area contributed by atoms with Gasteiger partial charge in [0.1, 0.15) is 6.23 Å². The molecule has 2 N–H and O–H groups in total. The molecule has 0 fully saturated rings. The number of hydrogen-bond donors (Lipinski definition) is 2. The third-order valence-electron chi connectivity index (χ3n) is 1.47. The molecule has 0 saturated heterocycles. The van der Waals surface area contributed by atoms with Crippen molar-refractivity contribution in [3.8, 4) is 0 Å². The highest BCUT2D eigenvalue weighted by molar-refractivity contribution is 4.51. The van der Waals surface area contributed by atoms with Crippen LogP contribution in [-0.2, 0) is 0 Å². The van der Waals surface area contributed by atoms with Crippen LogP contribution in [0.15, 0.2) is 0 Å². The number of aliphatic hydroxyl groups is 2. The summed E-state index contributed by atoms with van der Waals surface area (Å²) < 4.78 is 0. The monoisotopic (exact) mass is 147 g/mol. The van der Waals surface area contributed by atoms with E-state index >= 15 is 0 Å². The number of unbranched alkanes of at least 4 members (excludes halogenated alkanes) is 1. The summed E-state index contributed by atoms with van der Waals surface area (Å²) in [6.45, 7) is 0.222. The molecule has 0 aliphatic heterocycles. The third-order valence-corrected chi connectivity index (χ3v) is 1.47. The third kappa shape index (κ3) is 4.73. The van der Waals surface area contributed by atoms with E-state index in [2.05, 4.69) is 0 Å². The van der Waals surface area contributed by atoms with Gasteiger partial charge in [0.2, 0.25) is 0 Å². The first-order chi connectivity index (χ1) is 4.68. The maximum atomic E-state index is 9.20. The molecule has 0 aromatic carbocycles. The summed E-state index contributed by atoms with van der Waals surface area (Å²) in [5.41, 5.74) is 0. The van der Waals surface area contributed by atoms with E-state index in [-0.39, 0.29) is 12.8 Å². The highest BCUT2D eigenvalue weighted by atomic mass is 16.3. The van der Waals surface area contributed by atoms with E-state index in [4.69, 9.17) is 5.11 Å². The van der Waals surface area contributed by atoms with Crippen molar-refractivity contribution >= 4 is 0 Å². The average molecular weight is 147 g/mol. The van der Waals surface area contributed by atoms with Crippen molar-refractivity contribution in [2.24, 2.45) is 0 Å². The Labute approximate surface area is 62.3 Å². The van der Waals surface area contributed by atoms with Crippen molar-refractivity contribution in [3.05, 3.63) is 0 Å². The molecule has 0 aliphatic carbocycles. The average Bonchev–Trinajstić information content (AvgIpc) is 1.88. The van der Waals surface area contributed by atoms with Crippen LogP contribution >= 0.6 is 0 Å². The molecule has 0 bridgehead atoms. The fraction of sp³-hybridized carbons (Fsp3) is 1.00. The van der Waals surface area contributed by atoms with Crippen molar-refractivity contribution in [1.29, 1.82) is 0 Å². The minimum absolute atomic E-state index is 0.222. The topological polar surface area (TPSA) is 43.7 Å². The van der Waals surface area contributed by atoms with Crippen molar-refractivity contribution in [2.45, 2.75) is 25.5 Å². The molecule has 1 atom stereocenters. The minimum Gasteiger partial charge on any atom is -0.396 e. The summed E-state index contributed by atoms with van der Waals surface area (Å²) in [5, 5.41) is 17.6. The molecule has 0 amide bonds. The molecule has 0 spiro atoms. The predicted octanol–water partition coefficient (Wildman–Crippen LogP) is 0.0290. The smallest absolute Gasteiger partial charge is 0.106 e. The van der Waals surface area contributed by atoms with Crippen LogP contribution in [-0.4, -0.2) is 42.0 Å². The molecule has 1 unspecified atom stereocenters. The maximum absolute atomic E-state index is 9.20. The lowest BCUT2D eigenvalue weighted by Crippen LogP contribution is -2.27. The van der Waals surface area contributed by atoms with E-state index in [1.165, 1.54) is 0 Å². The molecule has 0 saturated carbocycles. The SMILES string of the molecule is CN(C)C(O)CCCCO. The molecule has 3 heteroatoms. The minimum atomic E-state index is -0.355. The van der Waals surface area contributed by atoms with Crippen LogP contribution in [0.4, 0.5) is 0 Å². The van der Waals surface area contributed by atoms with Gasteiger partial charge in [0, 0.05) is 6.61 Å². The van der Waals surface area contributed by atoms with E-state index in [9.17, 15) is 5.11 Å². The highest BCUT2D eigenvalue weighted by Crippen LogP contribution is 2.01. The Morgan fingerprint density at radius 1 is 1.30 bits per heavy atom. The fourth-order valence-corrected chi connectivity index (χ4v) is 0.697. The summed E-state index contributed by atoms with van der Waals surface area (Å²) in [7, 11) is 3.67. The first-order valence-electron chi connectivity index (χ1n) is 3.64. The van der Waals surface area contributed by atoms with Crippen molar-refractivity contribution in [1.82, 2.24) is 4.90 Å². The molecule has 0 aliphatic rings. The van der Waals surface area contributed by atoms with Gasteiger partial charge in [-0.3, -0.25) is 4.90 Å². The van der Waals surface area contributed by atoms with Gasteiger partial charge >= 0.3 is 0 Å². The van der Waals surface area contributed by atoms with Gasteiger partial charge in [-0.2, -0.15) is 0 Å². The van der Waals surface area contributed by atoms with Gasteiger partial charge in [-0.25, -0.2) is 0 Å². The van der Waals surface area contributed by atoms with Gasteiger partial charge in [0.15, 0.2) is 0 Å². The van der Waals surface area contributed by atoms with Gasteiger partial charge in [0.25, 0.3) is 0 Å². The van der Waals surface area contributed by atoms with Gasteiger partial charge in [-0.05, 0) is 33.4 Å². The van der Waals surface area contributed by atoms with Crippen LogP contribution in [0.25, 0.3) is 0 Å². The Kier molecular flexibility index (Phi) is 5.58. The van der Waals surface area contributed by atoms with Crippen LogP contribution in [0.3, 0.4) is 0 Å². The molecule has 0 aromatic heterocycles. The van der Waals surface area contributed by atoms with Gasteiger partial charge in [-0.15, -0.1) is 0 Å². The zero-order valence-electron chi connectivity index (χ0n) is 6.75. The Hall–Kier alpha value is -0.120. The molecule has 62 valence electrons. The van der Waals surface area contributed by atoms with E-state index in [0.717, 1.165) is 19.3 Å². The Morgan fingerprint density at radius 2 is 1.90 bits per heavy atom. The number of hydrogen-bond acceptors (Lipinski definition) is 3. The largest absolute Gasteiger partial charge is 0.396 e. The second-order valence-corrected chi connectivity index (χ2v) is 2.66. The molecular formula is C7H17NO2. The van der Waals surface area contributed by atoms with E-state index < -0.39 is 0 Å². The van der Waals surface area contributed by atoms with Gasteiger partial charge in [0.05, 0.1) is 0 Å².